The van der Waals surface area contributed by atoms with Crippen molar-refractivity contribution in [2.45, 2.75) is 0 Å². The van der Waals surface area contributed by atoms with E-state index in [1.54, 1.807) is 43.5 Å². The first-order valence-electron chi connectivity index (χ1n) is 8.00. The first kappa shape index (κ1) is 19.9. The first-order valence-corrected chi connectivity index (χ1v) is 8.00. The predicted molar refractivity (Wildman–Crippen MR) is 100 cm³/mol. The van der Waals surface area contributed by atoms with E-state index in [0.717, 1.165) is 0 Å². The van der Waals surface area contributed by atoms with Gasteiger partial charge >= 0.3 is 0 Å². The number of rotatable bonds is 9. The second kappa shape index (κ2) is 9.91. The Bertz CT molecular complexity index is 764. The molecule has 0 radical (unpaired) electrons. The number of hydrazone groups is 1. The molecule has 27 heavy (non-hydrogen) atoms. The van der Waals surface area contributed by atoms with Crippen LogP contribution in [0.25, 0.3) is 0 Å². The molecule has 0 fully saturated rings. The molecular formula is C19H22N2O6. The van der Waals surface area contributed by atoms with Crippen molar-refractivity contribution in [3.63, 3.8) is 0 Å². The molecule has 1 N–H and O–H groups in total. The lowest BCUT2D eigenvalue weighted by Crippen LogP contribution is -2.24. The van der Waals surface area contributed by atoms with Gasteiger partial charge in [0.1, 0.15) is 11.5 Å². The highest BCUT2D eigenvalue weighted by molar-refractivity contribution is 5.84. The largest absolute Gasteiger partial charge is 0.497 e. The van der Waals surface area contributed by atoms with Gasteiger partial charge < -0.3 is 23.7 Å². The molecule has 0 aliphatic rings. The monoisotopic (exact) mass is 374 g/mol. The molecule has 0 bridgehead atoms. The van der Waals surface area contributed by atoms with Crippen LogP contribution in [0.15, 0.2) is 41.5 Å². The van der Waals surface area contributed by atoms with Gasteiger partial charge in [-0.2, -0.15) is 5.10 Å². The van der Waals surface area contributed by atoms with Gasteiger partial charge in [-0.05, 0) is 36.4 Å². The highest BCUT2D eigenvalue weighted by Gasteiger charge is 2.12. The summed E-state index contributed by atoms with van der Waals surface area (Å²) in [6.45, 7) is -0.168. The van der Waals surface area contributed by atoms with Crippen molar-refractivity contribution in [1.82, 2.24) is 5.43 Å². The maximum atomic E-state index is 11.8. The van der Waals surface area contributed by atoms with E-state index >= 15 is 0 Å². The third kappa shape index (κ3) is 5.53. The van der Waals surface area contributed by atoms with Crippen LogP contribution in [0.1, 0.15) is 5.56 Å². The number of hydrogen-bond acceptors (Lipinski definition) is 7. The van der Waals surface area contributed by atoms with Crippen molar-refractivity contribution in [2.75, 3.05) is 35.0 Å². The first-order chi connectivity index (χ1) is 13.1. The Hall–Kier alpha value is -3.42. The minimum absolute atomic E-state index is 0.168. The number of methoxy groups -OCH3 is 4. The summed E-state index contributed by atoms with van der Waals surface area (Å²) in [5.41, 5.74) is 3.06. The summed E-state index contributed by atoms with van der Waals surface area (Å²) < 4.78 is 26.2. The second-order valence-corrected chi connectivity index (χ2v) is 5.22. The molecule has 0 aromatic heterocycles. The molecule has 0 aliphatic heterocycles. The highest BCUT2D eigenvalue weighted by Crippen LogP contribution is 2.37. The zero-order valence-electron chi connectivity index (χ0n) is 15.6. The zero-order chi connectivity index (χ0) is 19.6. The van der Waals surface area contributed by atoms with Gasteiger partial charge in [0.2, 0.25) is 5.75 Å². The van der Waals surface area contributed by atoms with Gasteiger partial charge in [0.05, 0.1) is 34.7 Å². The smallest absolute Gasteiger partial charge is 0.277 e. The summed E-state index contributed by atoms with van der Waals surface area (Å²) in [6.07, 6.45) is 1.47. The van der Waals surface area contributed by atoms with Crippen LogP contribution in [-0.2, 0) is 4.79 Å². The van der Waals surface area contributed by atoms with E-state index < -0.39 is 5.91 Å². The fourth-order valence-corrected chi connectivity index (χ4v) is 2.21. The minimum atomic E-state index is -0.394. The molecule has 0 aliphatic carbocycles. The number of nitrogens with zero attached hydrogens (tertiary/aromatic N) is 1. The zero-order valence-corrected chi connectivity index (χ0v) is 15.6. The molecule has 0 atom stereocenters. The van der Waals surface area contributed by atoms with Crippen molar-refractivity contribution in [2.24, 2.45) is 5.10 Å². The van der Waals surface area contributed by atoms with Crippen molar-refractivity contribution in [3.05, 3.63) is 42.0 Å². The van der Waals surface area contributed by atoms with Crippen LogP contribution in [0.4, 0.5) is 0 Å². The van der Waals surface area contributed by atoms with Gasteiger partial charge in [0.25, 0.3) is 5.91 Å². The van der Waals surface area contributed by atoms with E-state index in [1.807, 2.05) is 0 Å². The Labute approximate surface area is 157 Å². The summed E-state index contributed by atoms with van der Waals surface area (Å²) in [5.74, 6) is 2.34. The fraction of sp³-hybridized carbons (Fsp3) is 0.263. The number of carbonyl (C=O) groups excluding carboxylic acids is 1. The van der Waals surface area contributed by atoms with Crippen LogP contribution < -0.4 is 29.1 Å². The van der Waals surface area contributed by atoms with Crippen LogP contribution in [0.2, 0.25) is 0 Å². The molecule has 0 heterocycles. The molecular weight excluding hydrogens is 352 g/mol. The Morgan fingerprint density at radius 3 is 2.04 bits per heavy atom. The number of ether oxygens (including phenoxy) is 5. The Morgan fingerprint density at radius 1 is 0.926 bits per heavy atom. The van der Waals surface area contributed by atoms with Crippen LogP contribution in [0.3, 0.4) is 0 Å². The van der Waals surface area contributed by atoms with E-state index in [0.29, 0.717) is 34.3 Å². The second-order valence-electron chi connectivity index (χ2n) is 5.22. The minimum Gasteiger partial charge on any atom is -0.497 e. The third-order valence-corrected chi connectivity index (χ3v) is 3.52. The molecule has 144 valence electrons. The van der Waals surface area contributed by atoms with Crippen LogP contribution in [0, 0.1) is 0 Å². The summed E-state index contributed by atoms with van der Waals surface area (Å²) >= 11 is 0. The molecule has 0 unspecified atom stereocenters. The highest BCUT2D eigenvalue weighted by atomic mass is 16.5. The predicted octanol–water partition coefficient (Wildman–Crippen LogP) is 2.25. The average Bonchev–Trinajstić information content (AvgIpc) is 2.71. The normalized spacial score (nSPS) is 10.4. The fourth-order valence-electron chi connectivity index (χ4n) is 2.21. The van der Waals surface area contributed by atoms with Crippen molar-refractivity contribution in [3.8, 4) is 28.7 Å². The standard InChI is InChI=1S/C19H22N2O6/c1-23-14-5-7-15(8-6-14)27-12-18(22)21-20-11-13-9-16(24-2)19(26-4)17(10-13)25-3/h5-11H,12H2,1-4H3,(H,21,22). The Morgan fingerprint density at radius 2 is 1.52 bits per heavy atom. The molecule has 8 nitrogen and oxygen atoms in total. The maximum absolute atomic E-state index is 11.8. The van der Waals surface area contributed by atoms with Crippen LogP contribution in [0.5, 0.6) is 28.7 Å². The molecule has 0 spiro atoms. The number of amides is 1. The molecule has 2 aromatic rings. The van der Waals surface area contributed by atoms with Gasteiger partial charge in [0.15, 0.2) is 18.1 Å². The van der Waals surface area contributed by atoms with Gasteiger partial charge in [0, 0.05) is 5.56 Å². The maximum Gasteiger partial charge on any atom is 0.277 e. The molecule has 1 amide bonds. The van der Waals surface area contributed by atoms with Crippen molar-refractivity contribution < 1.29 is 28.5 Å². The van der Waals surface area contributed by atoms with E-state index in [1.165, 1.54) is 27.5 Å². The van der Waals surface area contributed by atoms with Gasteiger partial charge in [-0.1, -0.05) is 0 Å². The molecule has 2 aromatic carbocycles. The van der Waals surface area contributed by atoms with E-state index in [9.17, 15) is 4.79 Å². The van der Waals surface area contributed by atoms with Crippen LogP contribution >= 0.6 is 0 Å². The molecule has 2 rings (SSSR count). The summed E-state index contributed by atoms with van der Waals surface area (Å²) in [6, 6.07) is 10.3. The quantitative estimate of drug-likeness (QED) is 0.535. The molecule has 0 saturated heterocycles. The lowest BCUT2D eigenvalue weighted by Gasteiger charge is -2.12. The lowest BCUT2D eigenvalue weighted by atomic mass is 10.2. The van der Waals surface area contributed by atoms with E-state index in [-0.39, 0.29) is 6.61 Å². The van der Waals surface area contributed by atoms with Crippen molar-refractivity contribution in [1.29, 1.82) is 0 Å². The van der Waals surface area contributed by atoms with Gasteiger partial charge in [-0.25, -0.2) is 5.43 Å². The summed E-state index contributed by atoms with van der Waals surface area (Å²) in [4.78, 5) is 11.8. The SMILES string of the molecule is COc1ccc(OCC(=O)NN=Cc2cc(OC)c(OC)c(OC)c2)cc1. The Kier molecular flexibility index (Phi) is 7.30. The third-order valence-electron chi connectivity index (χ3n) is 3.52. The average molecular weight is 374 g/mol. The van der Waals surface area contributed by atoms with Gasteiger partial charge in [-0.3, -0.25) is 4.79 Å². The number of nitrogens with one attached hydrogen (secondary N) is 1. The number of carbonyl (C=O) groups is 1. The lowest BCUT2D eigenvalue weighted by molar-refractivity contribution is -0.123. The van der Waals surface area contributed by atoms with Crippen molar-refractivity contribution >= 4 is 12.1 Å². The summed E-state index contributed by atoms with van der Waals surface area (Å²) in [5, 5.41) is 3.91. The van der Waals surface area contributed by atoms with E-state index in [4.69, 9.17) is 23.7 Å². The number of hydrogen-bond donors (Lipinski definition) is 1. The topological polar surface area (TPSA) is 87.6 Å². The summed E-state index contributed by atoms with van der Waals surface area (Å²) in [7, 11) is 6.15. The Balaban J connectivity index is 1.92. The molecule has 8 heteroatoms. The number of benzene rings is 2. The van der Waals surface area contributed by atoms with Crippen LogP contribution in [-0.4, -0.2) is 47.2 Å². The molecule has 0 saturated carbocycles. The van der Waals surface area contributed by atoms with Gasteiger partial charge in [-0.15, -0.1) is 0 Å². The van der Waals surface area contributed by atoms with E-state index in [2.05, 4.69) is 10.5 Å².